The Labute approximate surface area is 120 Å². The summed E-state index contributed by atoms with van der Waals surface area (Å²) < 4.78 is 0. The third kappa shape index (κ3) is 3.10. The Kier molecular flexibility index (Phi) is 4.27. The van der Waals surface area contributed by atoms with Crippen LogP contribution >= 0.6 is 0 Å². The second-order valence-electron chi connectivity index (χ2n) is 5.85. The molecule has 1 aliphatic rings. The highest BCUT2D eigenvalue weighted by atomic mass is 15.2. The fourth-order valence-electron chi connectivity index (χ4n) is 2.69. The summed E-state index contributed by atoms with van der Waals surface area (Å²) >= 11 is 0. The van der Waals surface area contributed by atoms with Crippen LogP contribution in [-0.4, -0.2) is 24.7 Å². The van der Waals surface area contributed by atoms with E-state index in [0.29, 0.717) is 12.0 Å². The van der Waals surface area contributed by atoms with Crippen molar-refractivity contribution in [3.05, 3.63) is 29.8 Å². The summed E-state index contributed by atoms with van der Waals surface area (Å²) in [5, 5.41) is 21.4. The third-order valence-corrected chi connectivity index (χ3v) is 3.93. The van der Waals surface area contributed by atoms with Gasteiger partial charge in [-0.15, -0.1) is 0 Å². The highest BCUT2D eigenvalue weighted by molar-refractivity contribution is 5.53. The number of hydrogen-bond acceptors (Lipinski definition) is 4. The molecular weight excluding hydrogens is 248 g/mol. The van der Waals surface area contributed by atoms with Crippen molar-refractivity contribution in [3.8, 4) is 12.1 Å². The highest BCUT2D eigenvalue weighted by Gasteiger charge is 2.31. The molecule has 104 valence electrons. The molecule has 0 amide bonds. The maximum Gasteiger partial charge on any atom is 0.0992 e. The average Bonchev–Trinajstić information content (AvgIpc) is 2.58. The summed E-state index contributed by atoms with van der Waals surface area (Å²) in [4.78, 5) is 2.32. The summed E-state index contributed by atoms with van der Waals surface area (Å²) in [6.45, 7) is 6.12. The predicted octanol–water partition coefficient (Wildman–Crippen LogP) is 2.42. The lowest BCUT2D eigenvalue weighted by molar-refractivity contribution is 0.452. The van der Waals surface area contributed by atoms with Gasteiger partial charge < -0.3 is 10.2 Å². The van der Waals surface area contributed by atoms with Crippen molar-refractivity contribution in [2.75, 3.05) is 18.0 Å². The zero-order valence-electron chi connectivity index (χ0n) is 12.1. The van der Waals surface area contributed by atoms with Crippen LogP contribution < -0.4 is 10.2 Å². The number of nitrogens with zero attached hydrogens (tertiary/aromatic N) is 3. The van der Waals surface area contributed by atoms with Gasteiger partial charge in [0.1, 0.15) is 0 Å². The van der Waals surface area contributed by atoms with E-state index in [1.54, 1.807) is 0 Å². The van der Waals surface area contributed by atoms with Gasteiger partial charge in [-0.1, -0.05) is 6.07 Å². The van der Waals surface area contributed by atoms with Crippen LogP contribution in [0.15, 0.2) is 24.3 Å². The first kappa shape index (κ1) is 14.4. The van der Waals surface area contributed by atoms with Crippen molar-refractivity contribution in [2.24, 2.45) is 0 Å². The van der Waals surface area contributed by atoms with E-state index in [1.807, 2.05) is 24.3 Å². The Morgan fingerprint density at radius 2 is 2.20 bits per heavy atom. The fraction of sp³-hybridized carbons (Fsp3) is 0.500. The molecule has 1 aliphatic heterocycles. The molecule has 2 rings (SSSR count). The Balaban J connectivity index is 2.33. The van der Waals surface area contributed by atoms with Gasteiger partial charge in [0, 0.05) is 23.8 Å². The van der Waals surface area contributed by atoms with Crippen molar-refractivity contribution < 1.29 is 0 Å². The van der Waals surface area contributed by atoms with Gasteiger partial charge in [0.2, 0.25) is 0 Å². The maximum absolute atomic E-state index is 9.06. The van der Waals surface area contributed by atoms with Crippen molar-refractivity contribution in [3.63, 3.8) is 0 Å². The van der Waals surface area contributed by atoms with E-state index in [9.17, 15) is 0 Å². The molecule has 1 fully saturated rings. The molecule has 1 aromatic carbocycles. The lowest BCUT2D eigenvalue weighted by Crippen LogP contribution is -2.46. The SMILES string of the molecule is CC1(C)CCNC(CC#N)CN1c1cccc(C#N)c1. The zero-order chi connectivity index (χ0) is 14.6. The summed E-state index contributed by atoms with van der Waals surface area (Å²) in [5.74, 6) is 0. The van der Waals surface area contributed by atoms with E-state index >= 15 is 0 Å². The van der Waals surface area contributed by atoms with Gasteiger partial charge in [-0.3, -0.25) is 0 Å². The molecule has 0 saturated carbocycles. The fourth-order valence-corrected chi connectivity index (χ4v) is 2.69. The minimum atomic E-state index is 0.00524. The number of anilines is 1. The van der Waals surface area contributed by atoms with Crippen molar-refractivity contribution >= 4 is 5.69 Å². The van der Waals surface area contributed by atoms with E-state index in [2.05, 4.69) is 36.2 Å². The van der Waals surface area contributed by atoms with Gasteiger partial charge in [-0.05, 0) is 45.0 Å². The third-order valence-electron chi connectivity index (χ3n) is 3.93. The van der Waals surface area contributed by atoms with Crippen LogP contribution in [-0.2, 0) is 0 Å². The lowest BCUT2D eigenvalue weighted by Gasteiger charge is -2.39. The first-order valence-electron chi connectivity index (χ1n) is 6.95. The average molecular weight is 268 g/mol. The second-order valence-corrected chi connectivity index (χ2v) is 5.85. The van der Waals surface area contributed by atoms with Crippen molar-refractivity contribution in [2.45, 2.75) is 38.3 Å². The molecule has 1 atom stereocenters. The monoisotopic (exact) mass is 268 g/mol. The molecule has 0 radical (unpaired) electrons. The van der Waals surface area contributed by atoms with Crippen LogP contribution in [0.2, 0.25) is 0 Å². The van der Waals surface area contributed by atoms with Gasteiger partial charge >= 0.3 is 0 Å². The number of benzene rings is 1. The lowest BCUT2D eigenvalue weighted by atomic mass is 9.97. The van der Waals surface area contributed by atoms with Crippen LogP contribution in [0.4, 0.5) is 5.69 Å². The van der Waals surface area contributed by atoms with E-state index in [-0.39, 0.29) is 11.6 Å². The van der Waals surface area contributed by atoms with Crippen LogP contribution in [0.5, 0.6) is 0 Å². The second kappa shape index (κ2) is 5.94. The summed E-state index contributed by atoms with van der Waals surface area (Å²) in [6, 6.07) is 12.3. The predicted molar refractivity (Wildman–Crippen MR) is 79.2 cm³/mol. The van der Waals surface area contributed by atoms with Crippen molar-refractivity contribution in [1.82, 2.24) is 5.32 Å². The molecule has 4 nitrogen and oxygen atoms in total. The molecule has 0 spiro atoms. The Morgan fingerprint density at radius 1 is 1.40 bits per heavy atom. The van der Waals surface area contributed by atoms with Crippen LogP contribution in [0, 0.1) is 22.7 Å². The highest BCUT2D eigenvalue weighted by Crippen LogP contribution is 2.29. The number of nitriles is 2. The molecular formula is C16H20N4. The van der Waals surface area contributed by atoms with E-state index in [4.69, 9.17) is 10.5 Å². The molecule has 1 saturated heterocycles. The number of hydrogen-bond donors (Lipinski definition) is 1. The van der Waals surface area contributed by atoms with Gasteiger partial charge in [0.05, 0.1) is 24.1 Å². The first-order valence-corrected chi connectivity index (χ1v) is 6.95. The first-order chi connectivity index (χ1) is 9.56. The maximum atomic E-state index is 9.06. The van der Waals surface area contributed by atoms with Gasteiger partial charge in [0.25, 0.3) is 0 Å². The molecule has 1 aromatic rings. The molecule has 0 bridgehead atoms. The van der Waals surface area contributed by atoms with Gasteiger partial charge in [-0.25, -0.2) is 0 Å². The van der Waals surface area contributed by atoms with Crippen LogP contribution in [0.25, 0.3) is 0 Å². The molecule has 1 N–H and O–H groups in total. The van der Waals surface area contributed by atoms with Crippen molar-refractivity contribution in [1.29, 1.82) is 10.5 Å². The minimum absolute atomic E-state index is 0.00524. The minimum Gasteiger partial charge on any atom is -0.365 e. The summed E-state index contributed by atoms with van der Waals surface area (Å²) in [6.07, 6.45) is 1.51. The Bertz CT molecular complexity index is 550. The summed E-state index contributed by atoms with van der Waals surface area (Å²) in [7, 11) is 0. The van der Waals surface area contributed by atoms with Crippen LogP contribution in [0.1, 0.15) is 32.3 Å². The van der Waals surface area contributed by atoms with Crippen LogP contribution in [0.3, 0.4) is 0 Å². The van der Waals surface area contributed by atoms with E-state index in [1.165, 1.54) is 0 Å². The zero-order valence-corrected chi connectivity index (χ0v) is 12.1. The summed E-state index contributed by atoms with van der Waals surface area (Å²) in [5.41, 5.74) is 1.73. The number of nitrogens with one attached hydrogen (secondary N) is 1. The topological polar surface area (TPSA) is 62.9 Å². The quantitative estimate of drug-likeness (QED) is 0.894. The van der Waals surface area contributed by atoms with Gasteiger partial charge in [0.15, 0.2) is 0 Å². The molecule has 0 aliphatic carbocycles. The normalized spacial score (nSPS) is 21.6. The molecule has 4 heteroatoms. The smallest absolute Gasteiger partial charge is 0.0992 e. The molecule has 0 aromatic heterocycles. The van der Waals surface area contributed by atoms with E-state index in [0.717, 1.165) is 25.2 Å². The molecule has 1 unspecified atom stereocenters. The standard InChI is InChI=1S/C16H20N4/c1-16(2)7-9-19-14(6-8-17)12-20(16)15-5-3-4-13(10-15)11-18/h3-5,10,14,19H,6-7,9,12H2,1-2H3. The Hall–Kier alpha value is -2.04. The van der Waals surface area contributed by atoms with Gasteiger partial charge in [-0.2, -0.15) is 10.5 Å². The largest absolute Gasteiger partial charge is 0.365 e. The van der Waals surface area contributed by atoms with E-state index < -0.39 is 0 Å². The Morgan fingerprint density at radius 3 is 2.90 bits per heavy atom. The molecule has 20 heavy (non-hydrogen) atoms. The molecule has 1 heterocycles. The number of rotatable bonds is 2.